The number of para-hydroxylation sites is 1. The Balaban J connectivity index is 2.07. The molecule has 0 aliphatic heterocycles. The Morgan fingerprint density at radius 3 is 2.64 bits per heavy atom. The average Bonchev–Trinajstić information content (AvgIpc) is 2.96. The van der Waals surface area contributed by atoms with Gasteiger partial charge in [-0.3, -0.25) is 4.79 Å². The van der Waals surface area contributed by atoms with E-state index in [1.165, 1.54) is 5.69 Å². The second-order valence-electron chi connectivity index (χ2n) is 6.99. The number of nitrogens with zero attached hydrogens (tertiary/aromatic N) is 2. The molecule has 1 heterocycles. The minimum absolute atomic E-state index is 0.0763. The Kier molecular flexibility index (Phi) is 5.77. The van der Waals surface area contributed by atoms with Crippen LogP contribution in [-0.4, -0.2) is 35.1 Å². The first-order chi connectivity index (χ1) is 12.2. The molecule has 1 aromatic carbocycles. The van der Waals surface area contributed by atoms with Crippen molar-refractivity contribution in [2.45, 2.75) is 58.4 Å². The van der Waals surface area contributed by atoms with E-state index in [0.29, 0.717) is 6.54 Å². The number of hydrogen-bond acceptors (Lipinski definition) is 1. The monoisotopic (exact) mass is 343 g/mol. The van der Waals surface area contributed by atoms with Crippen LogP contribution >= 0.6 is 0 Å². The molecule has 0 saturated heterocycles. The highest BCUT2D eigenvalue weighted by molar-refractivity contribution is 5.94. The number of fused-ring (bicyclic) bond motifs is 3. The molecule has 1 amide bonds. The number of halogens is 1. The Bertz CT molecular complexity index is 731. The summed E-state index contributed by atoms with van der Waals surface area (Å²) in [6, 6.07) is 8.17. The van der Waals surface area contributed by atoms with Gasteiger partial charge >= 0.3 is 0 Å². The van der Waals surface area contributed by atoms with Gasteiger partial charge in [0, 0.05) is 29.7 Å². The van der Waals surface area contributed by atoms with Crippen LogP contribution in [0.5, 0.6) is 0 Å². The number of carbonyl (C=O) groups is 1. The van der Waals surface area contributed by atoms with E-state index in [1.54, 1.807) is 0 Å². The highest BCUT2D eigenvalue weighted by Gasteiger charge is 2.33. The Labute approximate surface area is 149 Å². The molecule has 0 fully saturated rings. The highest BCUT2D eigenvalue weighted by atomic mass is 18.2. The summed E-state index contributed by atoms with van der Waals surface area (Å²) in [5, 5.41) is 1.14. The SMILES string of the molecule is CCCN(CCC)C(=O)C1CCCc2c1c1ccccc1n2CC[18F]. The van der Waals surface area contributed by atoms with Crippen LogP contribution in [0.1, 0.15) is 56.7 Å². The van der Waals surface area contributed by atoms with Crippen LogP contribution in [0.2, 0.25) is 0 Å². The van der Waals surface area contributed by atoms with Gasteiger partial charge in [-0.2, -0.15) is 0 Å². The first-order valence-electron chi connectivity index (χ1n) is 9.67. The summed E-state index contributed by atoms with van der Waals surface area (Å²) < 4.78 is 15.2. The third kappa shape index (κ3) is 3.31. The van der Waals surface area contributed by atoms with Gasteiger partial charge in [-0.1, -0.05) is 32.0 Å². The summed E-state index contributed by atoms with van der Waals surface area (Å²) in [4.78, 5) is 15.3. The Morgan fingerprint density at radius 1 is 1.24 bits per heavy atom. The van der Waals surface area contributed by atoms with Crippen molar-refractivity contribution in [1.29, 1.82) is 0 Å². The molecule has 1 aliphatic rings. The maximum Gasteiger partial charge on any atom is 0.230 e. The maximum absolute atomic E-state index is 13.3. The molecule has 1 unspecified atom stereocenters. The second kappa shape index (κ2) is 8.03. The number of rotatable bonds is 7. The number of aryl methyl sites for hydroxylation is 1. The van der Waals surface area contributed by atoms with Crippen molar-refractivity contribution < 1.29 is 9.18 Å². The predicted molar refractivity (Wildman–Crippen MR) is 101 cm³/mol. The molecule has 0 bridgehead atoms. The molecule has 1 aromatic heterocycles. The van der Waals surface area contributed by atoms with Crippen LogP contribution in [0, 0.1) is 0 Å². The summed E-state index contributed by atoms with van der Waals surface area (Å²) in [6.07, 6.45) is 4.80. The average molecular weight is 343 g/mol. The number of hydrogen-bond donors (Lipinski definition) is 0. The third-order valence-corrected chi connectivity index (χ3v) is 5.28. The summed E-state index contributed by atoms with van der Waals surface area (Å²) in [5.41, 5.74) is 3.41. The third-order valence-electron chi connectivity index (χ3n) is 5.28. The van der Waals surface area contributed by atoms with E-state index in [0.717, 1.165) is 61.7 Å². The van der Waals surface area contributed by atoms with Gasteiger partial charge in [0.1, 0.15) is 6.67 Å². The van der Waals surface area contributed by atoms with Crippen molar-refractivity contribution >= 4 is 16.8 Å². The van der Waals surface area contributed by atoms with Gasteiger partial charge in [0.15, 0.2) is 0 Å². The molecule has 3 nitrogen and oxygen atoms in total. The molecular formula is C21H29FN2O. The van der Waals surface area contributed by atoms with Crippen LogP contribution in [0.4, 0.5) is 4.39 Å². The largest absolute Gasteiger partial charge is 0.342 e. The van der Waals surface area contributed by atoms with Gasteiger partial charge in [-0.15, -0.1) is 0 Å². The zero-order valence-electron chi connectivity index (χ0n) is 15.4. The van der Waals surface area contributed by atoms with E-state index in [1.807, 2.05) is 17.0 Å². The number of aromatic nitrogens is 1. The molecule has 1 atom stereocenters. The van der Waals surface area contributed by atoms with Crippen LogP contribution in [0.15, 0.2) is 24.3 Å². The maximum atomic E-state index is 13.3. The van der Waals surface area contributed by atoms with Crippen LogP contribution in [-0.2, 0) is 17.8 Å². The number of carbonyl (C=O) groups excluding carboxylic acids is 1. The number of benzene rings is 1. The number of alkyl halides is 1. The minimum Gasteiger partial charge on any atom is -0.342 e. The number of amides is 1. The minimum atomic E-state index is -0.373. The van der Waals surface area contributed by atoms with E-state index in [9.17, 15) is 9.18 Å². The fourth-order valence-corrected chi connectivity index (χ4v) is 4.34. The van der Waals surface area contributed by atoms with Crippen molar-refractivity contribution in [2.75, 3.05) is 19.8 Å². The topological polar surface area (TPSA) is 25.2 Å². The van der Waals surface area contributed by atoms with E-state index >= 15 is 0 Å². The van der Waals surface area contributed by atoms with Gasteiger partial charge in [0.25, 0.3) is 0 Å². The molecule has 2 aromatic rings. The van der Waals surface area contributed by atoms with E-state index < -0.39 is 0 Å². The first-order valence-corrected chi connectivity index (χ1v) is 9.67. The predicted octanol–water partition coefficient (Wildman–Crippen LogP) is 4.68. The highest BCUT2D eigenvalue weighted by Crippen LogP contribution is 2.40. The van der Waals surface area contributed by atoms with Crippen molar-refractivity contribution in [3.8, 4) is 0 Å². The Hall–Kier alpha value is -1.84. The van der Waals surface area contributed by atoms with Gasteiger partial charge in [-0.25, -0.2) is 4.39 Å². The second-order valence-corrected chi connectivity index (χ2v) is 6.99. The molecule has 136 valence electrons. The molecule has 0 spiro atoms. The van der Waals surface area contributed by atoms with Gasteiger partial charge in [-0.05, 0) is 43.7 Å². The summed E-state index contributed by atoms with van der Waals surface area (Å²) in [7, 11) is 0. The lowest BCUT2D eigenvalue weighted by Gasteiger charge is -2.30. The molecule has 4 heteroatoms. The lowest BCUT2D eigenvalue weighted by molar-refractivity contribution is -0.133. The molecule has 0 saturated carbocycles. The van der Waals surface area contributed by atoms with Crippen molar-refractivity contribution in [2.24, 2.45) is 0 Å². The van der Waals surface area contributed by atoms with Crippen LogP contribution < -0.4 is 0 Å². The zero-order valence-corrected chi connectivity index (χ0v) is 15.4. The van der Waals surface area contributed by atoms with E-state index in [2.05, 4.69) is 30.5 Å². The Morgan fingerprint density at radius 2 is 1.96 bits per heavy atom. The zero-order chi connectivity index (χ0) is 17.8. The summed E-state index contributed by atoms with van der Waals surface area (Å²) >= 11 is 0. The van der Waals surface area contributed by atoms with Gasteiger partial charge in [0.2, 0.25) is 5.91 Å². The van der Waals surface area contributed by atoms with Crippen molar-refractivity contribution in [3.63, 3.8) is 0 Å². The lowest BCUT2D eigenvalue weighted by Crippen LogP contribution is -2.37. The van der Waals surface area contributed by atoms with E-state index in [4.69, 9.17) is 0 Å². The summed E-state index contributed by atoms with van der Waals surface area (Å²) in [5.74, 6) is 0.181. The van der Waals surface area contributed by atoms with Gasteiger partial charge in [0.05, 0.1) is 12.5 Å². The molecule has 3 rings (SSSR count). The fraction of sp³-hybridized carbons (Fsp3) is 0.571. The standard InChI is InChI=1S/C21H29FN2O/c1-3-13-23(14-4-2)21(25)17-9-7-11-19-20(17)16-8-5-6-10-18(16)24(19)15-12-22/h5-6,8,10,17H,3-4,7,9,11-15H2,1-2H3/i22-1. The van der Waals surface area contributed by atoms with E-state index in [-0.39, 0.29) is 18.5 Å². The van der Waals surface area contributed by atoms with Crippen LogP contribution in [0.3, 0.4) is 0 Å². The summed E-state index contributed by atoms with van der Waals surface area (Å²) in [6.45, 7) is 5.89. The van der Waals surface area contributed by atoms with Gasteiger partial charge < -0.3 is 9.47 Å². The quantitative estimate of drug-likeness (QED) is 0.716. The fourth-order valence-electron chi connectivity index (χ4n) is 4.34. The van der Waals surface area contributed by atoms with Crippen LogP contribution in [0.25, 0.3) is 10.9 Å². The molecule has 0 N–H and O–H groups in total. The van der Waals surface area contributed by atoms with Crippen molar-refractivity contribution in [1.82, 2.24) is 9.47 Å². The molecule has 0 radical (unpaired) electrons. The molecule has 1 aliphatic carbocycles. The lowest BCUT2D eigenvalue weighted by atomic mass is 9.84. The normalized spacial score (nSPS) is 16.8. The van der Waals surface area contributed by atoms with Crippen molar-refractivity contribution in [3.05, 3.63) is 35.5 Å². The molecule has 25 heavy (non-hydrogen) atoms. The first kappa shape index (κ1) is 18.0. The molecular weight excluding hydrogens is 314 g/mol. The smallest absolute Gasteiger partial charge is 0.230 e.